The Bertz CT molecular complexity index is 923. The van der Waals surface area contributed by atoms with Gasteiger partial charge in [0.2, 0.25) is 0 Å². The summed E-state index contributed by atoms with van der Waals surface area (Å²) in [5.74, 6) is 0. The summed E-state index contributed by atoms with van der Waals surface area (Å²) in [5, 5.41) is 18.6. The van der Waals surface area contributed by atoms with Gasteiger partial charge in [-0.25, -0.2) is 0 Å². The normalized spacial score (nSPS) is 11.7. The van der Waals surface area contributed by atoms with E-state index in [2.05, 4.69) is 10.2 Å². The topological polar surface area (TPSA) is 98.1 Å². The van der Waals surface area contributed by atoms with Gasteiger partial charge in [0.1, 0.15) is 6.10 Å². The second-order valence-electron chi connectivity index (χ2n) is 5.97. The average Bonchev–Trinajstić information content (AvgIpc) is 3.11. The van der Waals surface area contributed by atoms with Gasteiger partial charge in [-0.15, -0.1) is 0 Å². The molecule has 0 aliphatic carbocycles. The van der Waals surface area contributed by atoms with Crippen molar-refractivity contribution in [1.29, 1.82) is 0 Å². The maximum Gasteiger partial charge on any atom is 0.293 e. The smallest absolute Gasteiger partial charge is 0.293 e. The number of rotatable bonds is 8. The van der Waals surface area contributed by atoms with Crippen molar-refractivity contribution in [2.45, 2.75) is 18.9 Å². The van der Waals surface area contributed by atoms with Crippen molar-refractivity contribution in [2.24, 2.45) is 0 Å². The number of hydrogen-bond acceptors (Lipinski definition) is 5. The third-order valence-electron chi connectivity index (χ3n) is 4.08. The van der Waals surface area contributed by atoms with Crippen molar-refractivity contribution in [3.8, 4) is 11.3 Å². The Morgan fingerprint density at radius 1 is 1.15 bits per heavy atom. The molecule has 0 fully saturated rings. The maximum absolute atomic E-state index is 10.8. The molecule has 1 heterocycles. The van der Waals surface area contributed by atoms with Crippen LogP contribution in [0.15, 0.2) is 54.6 Å². The Morgan fingerprint density at radius 3 is 2.48 bits per heavy atom. The lowest BCUT2D eigenvalue weighted by molar-refractivity contribution is -0.384. The van der Waals surface area contributed by atoms with E-state index < -0.39 is 11.0 Å². The summed E-state index contributed by atoms with van der Waals surface area (Å²) in [7, 11) is 0. The second-order valence-corrected chi connectivity index (χ2v) is 6.41. The van der Waals surface area contributed by atoms with Gasteiger partial charge in [-0.05, 0) is 23.8 Å². The van der Waals surface area contributed by atoms with Gasteiger partial charge in [-0.3, -0.25) is 20.0 Å². The molecule has 1 N–H and O–H groups in total. The third kappa shape index (κ3) is 4.92. The highest BCUT2D eigenvalue weighted by molar-refractivity contribution is 6.30. The molecule has 138 valence electrons. The monoisotopic (exact) mass is 385 g/mol. The van der Waals surface area contributed by atoms with E-state index in [1.165, 1.54) is 12.1 Å². The molecule has 1 atom stereocenters. The second kappa shape index (κ2) is 8.46. The Balaban J connectivity index is 1.70. The van der Waals surface area contributed by atoms with Crippen LogP contribution in [0, 0.1) is 10.1 Å². The highest BCUT2D eigenvalue weighted by Crippen LogP contribution is 2.21. The SMILES string of the molecule is O=COC(Cc1ccc([N+](=O)[O-])cc1)Cc1cc(-c2ccc(Cl)cc2)n[nH]1. The summed E-state index contributed by atoms with van der Waals surface area (Å²) in [6.07, 6.45) is 0.463. The molecule has 0 radical (unpaired) electrons. The number of aromatic amines is 1. The average molecular weight is 386 g/mol. The molecule has 0 amide bonds. The zero-order valence-electron chi connectivity index (χ0n) is 14.2. The van der Waals surface area contributed by atoms with E-state index in [-0.39, 0.29) is 5.69 Å². The fourth-order valence-electron chi connectivity index (χ4n) is 2.74. The number of aromatic nitrogens is 2. The molecule has 1 aromatic heterocycles. The summed E-state index contributed by atoms with van der Waals surface area (Å²) >= 11 is 5.90. The van der Waals surface area contributed by atoms with Crippen LogP contribution in [0.25, 0.3) is 11.3 Å². The molecule has 2 aromatic carbocycles. The van der Waals surface area contributed by atoms with Crippen LogP contribution in [0.1, 0.15) is 11.3 Å². The van der Waals surface area contributed by atoms with Crippen LogP contribution in [0.2, 0.25) is 5.02 Å². The molecular weight excluding hydrogens is 370 g/mol. The Kier molecular flexibility index (Phi) is 5.83. The molecule has 8 heteroatoms. The minimum absolute atomic E-state index is 0.0211. The van der Waals surface area contributed by atoms with Crippen LogP contribution in [0.3, 0.4) is 0 Å². The number of carbonyl (C=O) groups excluding carboxylic acids is 1. The van der Waals surface area contributed by atoms with Gasteiger partial charge in [-0.1, -0.05) is 35.9 Å². The number of ether oxygens (including phenoxy) is 1. The van der Waals surface area contributed by atoms with Gasteiger partial charge in [0, 0.05) is 41.3 Å². The van der Waals surface area contributed by atoms with Crippen LogP contribution in [-0.4, -0.2) is 27.7 Å². The quantitative estimate of drug-likeness (QED) is 0.359. The molecule has 0 bridgehead atoms. The van der Waals surface area contributed by atoms with Gasteiger partial charge in [0.25, 0.3) is 12.2 Å². The number of nitro benzene ring substituents is 1. The lowest BCUT2D eigenvalue weighted by atomic mass is 10.0. The van der Waals surface area contributed by atoms with Crippen molar-refractivity contribution in [3.05, 3.63) is 81.0 Å². The Labute approximate surface area is 160 Å². The number of nitrogens with one attached hydrogen (secondary N) is 1. The van der Waals surface area contributed by atoms with Crippen LogP contribution in [0.4, 0.5) is 5.69 Å². The van der Waals surface area contributed by atoms with Crippen LogP contribution < -0.4 is 0 Å². The first-order chi connectivity index (χ1) is 13.0. The van der Waals surface area contributed by atoms with E-state index in [9.17, 15) is 14.9 Å². The fraction of sp³-hybridized carbons (Fsp3) is 0.158. The first-order valence-corrected chi connectivity index (χ1v) is 8.55. The summed E-state index contributed by atoms with van der Waals surface area (Å²) < 4.78 is 5.18. The van der Waals surface area contributed by atoms with Crippen LogP contribution in [0.5, 0.6) is 0 Å². The number of halogens is 1. The van der Waals surface area contributed by atoms with E-state index >= 15 is 0 Å². The highest BCUT2D eigenvalue weighted by atomic mass is 35.5. The minimum Gasteiger partial charge on any atom is -0.464 e. The number of H-pyrrole nitrogens is 1. The van der Waals surface area contributed by atoms with Crippen molar-refractivity contribution >= 4 is 23.8 Å². The molecular formula is C19H16ClN3O4. The lowest BCUT2D eigenvalue weighted by Gasteiger charge is -2.14. The number of benzene rings is 2. The van der Waals surface area contributed by atoms with Crippen LogP contribution >= 0.6 is 11.6 Å². The van der Waals surface area contributed by atoms with Gasteiger partial charge in [0.05, 0.1) is 10.6 Å². The van der Waals surface area contributed by atoms with Gasteiger partial charge < -0.3 is 4.74 Å². The lowest BCUT2D eigenvalue weighted by Crippen LogP contribution is -2.19. The standard InChI is InChI=1S/C19H16ClN3O4/c20-15-5-3-14(4-6-15)19-11-16(21-22-19)10-18(27-12-24)9-13-1-7-17(8-2-13)23(25)26/h1-8,11-12,18H,9-10H2,(H,21,22). The van der Waals surface area contributed by atoms with Crippen molar-refractivity contribution in [2.75, 3.05) is 0 Å². The number of carbonyl (C=O) groups is 1. The molecule has 0 aliphatic rings. The highest BCUT2D eigenvalue weighted by Gasteiger charge is 2.15. The Morgan fingerprint density at radius 2 is 1.85 bits per heavy atom. The van der Waals surface area contributed by atoms with Crippen molar-refractivity contribution < 1.29 is 14.5 Å². The summed E-state index contributed by atoms with van der Waals surface area (Å²) in [5.41, 5.74) is 3.36. The van der Waals surface area contributed by atoms with Crippen molar-refractivity contribution in [3.63, 3.8) is 0 Å². The molecule has 3 aromatic rings. The number of hydrogen-bond donors (Lipinski definition) is 1. The van der Waals surface area contributed by atoms with Crippen molar-refractivity contribution in [1.82, 2.24) is 10.2 Å². The van der Waals surface area contributed by atoms with E-state index in [4.69, 9.17) is 16.3 Å². The third-order valence-corrected chi connectivity index (χ3v) is 4.33. The molecule has 7 nitrogen and oxygen atoms in total. The number of nitro groups is 1. The largest absolute Gasteiger partial charge is 0.464 e. The molecule has 3 rings (SSSR count). The molecule has 0 saturated carbocycles. The first-order valence-electron chi connectivity index (χ1n) is 8.18. The summed E-state index contributed by atoms with van der Waals surface area (Å²) in [6, 6.07) is 15.4. The predicted molar refractivity (Wildman–Crippen MR) is 100 cm³/mol. The van der Waals surface area contributed by atoms with E-state index in [0.717, 1.165) is 22.5 Å². The Hall–Kier alpha value is -3.19. The predicted octanol–water partition coefficient (Wildman–Crippen LogP) is 3.97. The first kappa shape index (κ1) is 18.6. The van der Waals surface area contributed by atoms with Gasteiger partial charge in [0.15, 0.2) is 0 Å². The molecule has 0 spiro atoms. The number of non-ortho nitro benzene ring substituents is 1. The molecule has 1 unspecified atom stereocenters. The van der Waals surface area contributed by atoms with Gasteiger partial charge in [-0.2, -0.15) is 5.10 Å². The van der Waals surface area contributed by atoms with Gasteiger partial charge >= 0.3 is 0 Å². The molecule has 27 heavy (non-hydrogen) atoms. The zero-order chi connectivity index (χ0) is 19.2. The zero-order valence-corrected chi connectivity index (χ0v) is 14.9. The minimum atomic E-state index is -0.452. The summed E-state index contributed by atoms with van der Waals surface area (Å²) in [6.45, 7) is 0.409. The molecule has 0 saturated heterocycles. The van der Waals surface area contributed by atoms with E-state index in [0.29, 0.717) is 24.3 Å². The van der Waals surface area contributed by atoms with E-state index in [1.54, 1.807) is 24.3 Å². The fourth-order valence-corrected chi connectivity index (χ4v) is 2.87. The van der Waals surface area contributed by atoms with Crippen LogP contribution in [-0.2, 0) is 22.4 Å². The maximum atomic E-state index is 10.8. The summed E-state index contributed by atoms with van der Waals surface area (Å²) in [4.78, 5) is 21.1. The number of nitrogens with zero attached hydrogens (tertiary/aromatic N) is 2. The van der Waals surface area contributed by atoms with E-state index in [1.807, 2.05) is 18.2 Å². The molecule has 0 aliphatic heterocycles.